The Morgan fingerprint density at radius 3 is 2.95 bits per heavy atom. The van der Waals surface area contributed by atoms with E-state index in [0.29, 0.717) is 13.2 Å². The number of hydrogen-bond donors (Lipinski definition) is 1. The molecule has 1 aromatic heterocycles. The van der Waals surface area contributed by atoms with Gasteiger partial charge >= 0.3 is 0 Å². The number of ether oxygens (including phenoxy) is 1. The van der Waals surface area contributed by atoms with Gasteiger partial charge < -0.3 is 14.7 Å². The Hall–Kier alpha value is -1.59. The van der Waals surface area contributed by atoms with E-state index in [0.717, 1.165) is 16.4 Å². The lowest BCUT2D eigenvalue weighted by Crippen LogP contribution is -2.16. The third kappa shape index (κ3) is 3.71. The predicted octanol–water partition coefficient (Wildman–Crippen LogP) is 3.58. The fourth-order valence-electron chi connectivity index (χ4n) is 1.97. The van der Waals surface area contributed by atoms with Crippen molar-refractivity contribution in [1.82, 2.24) is 4.98 Å². The number of phenolic OH excluding ortho intramolecular Hbond substituents is 1. The Labute approximate surface area is 123 Å². The van der Waals surface area contributed by atoms with E-state index in [1.807, 2.05) is 33.0 Å². The highest BCUT2D eigenvalue weighted by atomic mass is 32.1. The van der Waals surface area contributed by atoms with Crippen molar-refractivity contribution in [1.29, 1.82) is 0 Å². The van der Waals surface area contributed by atoms with E-state index in [-0.39, 0.29) is 11.9 Å². The molecule has 1 heterocycles. The minimum Gasteiger partial charge on any atom is -0.508 e. The minimum absolute atomic E-state index is 0.0461. The number of thiazole rings is 1. The van der Waals surface area contributed by atoms with E-state index in [9.17, 15) is 5.11 Å². The second kappa shape index (κ2) is 6.72. The van der Waals surface area contributed by atoms with Crippen molar-refractivity contribution in [3.8, 4) is 5.75 Å². The maximum Gasteiger partial charge on any atom is 0.122 e. The summed E-state index contributed by atoms with van der Waals surface area (Å²) >= 11 is 1.63. The zero-order valence-corrected chi connectivity index (χ0v) is 12.9. The van der Waals surface area contributed by atoms with E-state index < -0.39 is 0 Å². The molecule has 1 unspecified atom stereocenters. The van der Waals surface area contributed by atoms with Gasteiger partial charge in [-0.15, -0.1) is 11.3 Å². The largest absolute Gasteiger partial charge is 0.508 e. The summed E-state index contributed by atoms with van der Waals surface area (Å²) < 4.78 is 5.55. The molecule has 0 bridgehead atoms. The lowest BCUT2D eigenvalue weighted by Gasteiger charge is -2.18. The van der Waals surface area contributed by atoms with E-state index in [2.05, 4.69) is 15.3 Å². The predicted molar refractivity (Wildman–Crippen MR) is 82.4 cm³/mol. The molecule has 0 aliphatic carbocycles. The lowest BCUT2D eigenvalue weighted by atomic mass is 10.2. The summed E-state index contributed by atoms with van der Waals surface area (Å²) in [6.45, 7) is 5.41. The van der Waals surface area contributed by atoms with Crippen molar-refractivity contribution < 1.29 is 9.84 Å². The van der Waals surface area contributed by atoms with Crippen molar-refractivity contribution in [2.75, 3.05) is 18.6 Å². The van der Waals surface area contributed by atoms with Gasteiger partial charge in [0.25, 0.3) is 0 Å². The van der Waals surface area contributed by atoms with Gasteiger partial charge in [-0.05, 0) is 26.0 Å². The van der Waals surface area contributed by atoms with Crippen LogP contribution < -0.4 is 4.90 Å². The van der Waals surface area contributed by atoms with Crippen LogP contribution in [-0.2, 0) is 11.3 Å². The van der Waals surface area contributed by atoms with Crippen LogP contribution in [0.25, 0.3) is 0 Å². The fourth-order valence-corrected chi connectivity index (χ4v) is 2.78. The molecule has 0 amide bonds. The lowest BCUT2D eigenvalue weighted by molar-refractivity contribution is 0.0761. The first-order valence-corrected chi connectivity index (χ1v) is 7.54. The summed E-state index contributed by atoms with van der Waals surface area (Å²) in [5, 5.41) is 12.6. The van der Waals surface area contributed by atoms with Gasteiger partial charge in [0.05, 0.1) is 12.2 Å². The Kier molecular flexibility index (Phi) is 4.98. The highest BCUT2D eigenvalue weighted by molar-refractivity contribution is 7.09. The molecular weight excluding hydrogens is 272 g/mol. The Balaban J connectivity index is 2.03. The van der Waals surface area contributed by atoms with Gasteiger partial charge in [0.2, 0.25) is 0 Å². The van der Waals surface area contributed by atoms with E-state index in [1.54, 1.807) is 23.5 Å². The molecule has 0 spiro atoms. The molecule has 0 saturated carbocycles. The standard InChI is InChI=1S/C15H20N2O2S/c1-4-19-11(2)15-16-12(10-20-15)9-17(3)13-6-5-7-14(18)8-13/h5-8,10-11,18H,4,9H2,1-3H3. The molecule has 0 aliphatic rings. The van der Waals surface area contributed by atoms with Crippen LogP contribution >= 0.6 is 11.3 Å². The maximum absolute atomic E-state index is 9.51. The molecule has 0 saturated heterocycles. The van der Waals surface area contributed by atoms with Gasteiger partial charge in [0.1, 0.15) is 16.9 Å². The zero-order chi connectivity index (χ0) is 14.5. The second-order valence-electron chi connectivity index (χ2n) is 4.65. The SMILES string of the molecule is CCOC(C)c1nc(CN(C)c2cccc(O)c2)cs1. The summed E-state index contributed by atoms with van der Waals surface area (Å²) in [5.41, 5.74) is 1.99. The highest BCUT2D eigenvalue weighted by Crippen LogP contribution is 2.24. The number of aromatic nitrogens is 1. The van der Waals surface area contributed by atoms with Crippen LogP contribution in [-0.4, -0.2) is 23.7 Å². The van der Waals surface area contributed by atoms with Gasteiger partial charge in [-0.1, -0.05) is 6.07 Å². The third-order valence-corrected chi connectivity index (χ3v) is 4.06. The van der Waals surface area contributed by atoms with Crippen molar-refractivity contribution >= 4 is 17.0 Å². The molecule has 1 aromatic carbocycles. The molecule has 1 N–H and O–H groups in total. The Morgan fingerprint density at radius 2 is 2.25 bits per heavy atom. The van der Waals surface area contributed by atoms with Crippen molar-refractivity contribution in [3.05, 3.63) is 40.3 Å². The average Bonchev–Trinajstić information content (AvgIpc) is 2.87. The van der Waals surface area contributed by atoms with E-state index in [4.69, 9.17) is 4.74 Å². The summed E-state index contributed by atoms with van der Waals surface area (Å²) in [6.07, 6.45) is 0.0461. The molecule has 0 aliphatic heterocycles. The van der Waals surface area contributed by atoms with Crippen LogP contribution in [0.2, 0.25) is 0 Å². The first-order chi connectivity index (χ1) is 9.60. The Morgan fingerprint density at radius 1 is 1.45 bits per heavy atom. The highest BCUT2D eigenvalue weighted by Gasteiger charge is 2.11. The smallest absolute Gasteiger partial charge is 0.122 e. The number of aromatic hydroxyl groups is 1. The number of phenols is 1. The average molecular weight is 292 g/mol. The van der Waals surface area contributed by atoms with Crippen molar-refractivity contribution in [2.45, 2.75) is 26.5 Å². The number of benzene rings is 1. The summed E-state index contributed by atoms with van der Waals surface area (Å²) in [5.74, 6) is 0.276. The van der Waals surface area contributed by atoms with Gasteiger partial charge in [0.15, 0.2) is 0 Å². The molecular formula is C15H20N2O2S. The fraction of sp³-hybridized carbons (Fsp3) is 0.400. The van der Waals surface area contributed by atoms with Crippen LogP contribution in [0.15, 0.2) is 29.6 Å². The molecule has 2 rings (SSSR count). The van der Waals surface area contributed by atoms with E-state index >= 15 is 0 Å². The molecule has 0 radical (unpaired) electrons. The number of hydrogen-bond acceptors (Lipinski definition) is 5. The van der Waals surface area contributed by atoms with Gasteiger partial charge in [0, 0.05) is 30.8 Å². The zero-order valence-electron chi connectivity index (χ0n) is 12.0. The summed E-state index contributed by atoms with van der Waals surface area (Å²) in [7, 11) is 1.99. The first-order valence-electron chi connectivity index (χ1n) is 6.66. The van der Waals surface area contributed by atoms with Gasteiger partial charge in [-0.2, -0.15) is 0 Å². The van der Waals surface area contributed by atoms with Crippen LogP contribution in [0.4, 0.5) is 5.69 Å². The normalized spacial score (nSPS) is 12.3. The van der Waals surface area contributed by atoms with Crippen LogP contribution in [0.3, 0.4) is 0 Å². The second-order valence-corrected chi connectivity index (χ2v) is 5.54. The molecule has 5 heteroatoms. The first kappa shape index (κ1) is 14.8. The van der Waals surface area contributed by atoms with Crippen LogP contribution in [0.5, 0.6) is 5.75 Å². The number of anilines is 1. The summed E-state index contributed by atoms with van der Waals surface area (Å²) in [4.78, 5) is 6.67. The molecule has 0 fully saturated rings. The molecule has 20 heavy (non-hydrogen) atoms. The molecule has 2 aromatic rings. The van der Waals surface area contributed by atoms with Crippen molar-refractivity contribution in [3.63, 3.8) is 0 Å². The third-order valence-electron chi connectivity index (χ3n) is 3.00. The number of nitrogens with zero attached hydrogens (tertiary/aromatic N) is 2. The maximum atomic E-state index is 9.51. The van der Waals surface area contributed by atoms with Crippen LogP contribution in [0, 0.1) is 0 Å². The topological polar surface area (TPSA) is 45.6 Å². The van der Waals surface area contributed by atoms with Crippen LogP contribution in [0.1, 0.15) is 30.7 Å². The molecule has 108 valence electrons. The Bertz CT molecular complexity index is 556. The van der Waals surface area contributed by atoms with E-state index in [1.165, 1.54) is 0 Å². The quantitative estimate of drug-likeness (QED) is 0.884. The minimum atomic E-state index is 0.0461. The number of rotatable bonds is 6. The molecule has 4 nitrogen and oxygen atoms in total. The monoisotopic (exact) mass is 292 g/mol. The van der Waals surface area contributed by atoms with Gasteiger partial charge in [-0.25, -0.2) is 4.98 Å². The summed E-state index contributed by atoms with van der Waals surface area (Å²) in [6, 6.07) is 7.22. The molecule has 1 atom stereocenters. The van der Waals surface area contributed by atoms with Gasteiger partial charge in [-0.3, -0.25) is 0 Å². The van der Waals surface area contributed by atoms with Crippen molar-refractivity contribution in [2.24, 2.45) is 0 Å².